The molecule has 1 fully saturated rings. The number of aromatic nitrogens is 3. The van der Waals surface area contributed by atoms with Crippen molar-refractivity contribution >= 4 is 5.97 Å². The number of carbonyl (C=O) groups is 1. The molecule has 4 aromatic rings. The number of alkyl halides is 6. The highest BCUT2D eigenvalue weighted by Crippen LogP contribution is 2.46. The molecule has 1 aliphatic rings. The van der Waals surface area contributed by atoms with E-state index in [2.05, 4.69) is 10.1 Å². The highest BCUT2D eigenvalue weighted by molar-refractivity contribution is 5.89. The van der Waals surface area contributed by atoms with Gasteiger partial charge in [-0.15, -0.1) is 0 Å². The van der Waals surface area contributed by atoms with Crippen molar-refractivity contribution in [2.24, 2.45) is 0 Å². The molecule has 0 unspecified atom stereocenters. The number of hydrogen-bond donors (Lipinski definition) is 2. The maximum atomic E-state index is 13.8. The first kappa shape index (κ1) is 29.3. The Bertz CT molecular complexity index is 1620. The highest BCUT2D eigenvalue weighted by atomic mass is 19.4. The number of benzene rings is 2. The van der Waals surface area contributed by atoms with E-state index in [-0.39, 0.29) is 37.4 Å². The van der Waals surface area contributed by atoms with Gasteiger partial charge in [-0.3, -0.25) is 0 Å². The predicted octanol–water partition coefficient (Wildman–Crippen LogP) is 7.58. The Labute approximate surface area is 236 Å². The molecule has 2 heterocycles. The van der Waals surface area contributed by atoms with Crippen molar-refractivity contribution < 1.29 is 41.4 Å². The lowest BCUT2D eigenvalue weighted by Crippen LogP contribution is -2.47. The quantitative estimate of drug-likeness (QED) is 0.235. The fourth-order valence-corrected chi connectivity index (χ4v) is 5.41. The molecule has 5 rings (SSSR count). The summed E-state index contributed by atoms with van der Waals surface area (Å²) in [5.74, 6) is -2.12. The Morgan fingerprint density at radius 1 is 0.952 bits per heavy atom. The molecular formula is C30H25F6N3O3. The van der Waals surface area contributed by atoms with Crippen molar-refractivity contribution in [3.63, 3.8) is 0 Å². The van der Waals surface area contributed by atoms with Crippen LogP contribution in [0.5, 0.6) is 0 Å². The van der Waals surface area contributed by atoms with E-state index in [1.54, 1.807) is 6.07 Å². The Kier molecular flexibility index (Phi) is 7.38. The zero-order chi connectivity index (χ0) is 30.4. The van der Waals surface area contributed by atoms with Gasteiger partial charge in [0.1, 0.15) is 5.56 Å². The van der Waals surface area contributed by atoms with E-state index in [0.717, 1.165) is 22.3 Å². The minimum atomic E-state index is -5.00. The number of nitrogens with zero attached hydrogens (tertiary/aromatic N) is 3. The summed E-state index contributed by atoms with van der Waals surface area (Å²) in [5.41, 5.74) is -0.978. The summed E-state index contributed by atoms with van der Waals surface area (Å²) in [4.78, 5) is 15.8. The molecule has 42 heavy (non-hydrogen) atoms. The molecule has 2 aromatic heterocycles. The zero-order valence-corrected chi connectivity index (χ0v) is 22.2. The lowest BCUT2D eigenvalue weighted by Gasteiger charge is -2.37. The molecule has 0 aliphatic heterocycles. The second-order valence-electron chi connectivity index (χ2n) is 10.5. The molecule has 2 aromatic carbocycles. The van der Waals surface area contributed by atoms with Crippen LogP contribution in [0.1, 0.15) is 58.8 Å². The van der Waals surface area contributed by atoms with Crippen molar-refractivity contribution in [1.29, 1.82) is 0 Å². The lowest BCUT2D eigenvalue weighted by atomic mass is 9.75. The van der Waals surface area contributed by atoms with Crippen molar-refractivity contribution in [2.75, 3.05) is 0 Å². The van der Waals surface area contributed by atoms with Crippen LogP contribution < -0.4 is 0 Å². The number of rotatable bonds is 5. The van der Waals surface area contributed by atoms with Crippen LogP contribution in [-0.2, 0) is 6.18 Å². The summed E-state index contributed by atoms with van der Waals surface area (Å²) in [6, 6.07) is 17.3. The van der Waals surface area contributed by atoms with Gasteiger partial charge in [-0.2, -0.15) is 31.4 Å². The average molecular weight is 590 g/mol. The van der Waals surface area contributed by atoms with Crippen molar-refractivity contribution in [2.45, 2.75) is 56.5 Å². The zero-order valence-electron chi connectivity index (χ0n) is 22.2. The summed E-state index contributed by atoms with van der Waals surface area (Å²) in [6.07, 6.45) is -9.38. The van der Waals surface area contributed by atoms with Crippen LogP contribution in [0.15, 0.2) is 66.9 Å². The van der Waals surface area contributed by atoms with Crippen LogP contribution in [0.3, 0.4) is 0 Å². The molecule has 0 atom stereocenters. The smallest absolute Gasteiger partial charge is 0.434 e. The normalized spacial score (nSPS) is 19.6. The first-order valence-corrected chi connectivity index (χ1v) is 13.0. The fraction of sp³-hybridized carbons (Fsp3) is 0.300. The van der Waals surface area contributed by atoms with Gasteiger partial charge in [0.05, 0.1) is 11.9 Å². The summed E-state index contributed by atoms with van der Waals surface area (Å²) in [6.45, 7) is 1.85. The van der Waals surface area contributed by atoms with Gasteiger partial charge in [0.2, 0.25) is 0 Å². The van der Waals surface area contributed by atoms with Gasteiger partial charge in [-0.25, -0.2) is 14.5 Å². The molecule has 1 saturated carbocycles. The number of aliphatic hydroxyl groups is 1. The number of carboxylic acid groups (broad SMARTS) is 1. The van der Waals surface area contributed by atoms with E-state index >= 15 is 0 Å². The largest absolute Gasteiger partial charge is 0.478 e. The molecule has 1 aliphatic carbocycles. The SMILES string of the molecule is Cc1ccc(-c2ccc(C3CCC(O)(C(F)(F)F)CC3)cc2)c(-c2cccc(-n3ncc(C(=O)O)c3C(F)(F)F)n2)c1. The summed E-state index contributed by atoms with van der Waals surface area (Å²) < 4.78 is 81.4. The van der Waals surface area contributed by atoms with Crippen LogP contribution in [0.2, 0.25) is 0 Å². The maximum Gasteiger partial charge on any atom is 0.434 e. The van der Waals surface area contributed by atoms with Gasteiger partial charge < -0.3 is 10.2 Å². The van der Waals surface area contributed by atoms with Gasteiger partial charge in [0, 0.05) is 5.56 Å². The highest BCUT2D eigenvalue weighted by Gasteiger charge is 2.54. The second-order valence-corrected chi connectivity index (χ2v) is 10.5. The third-order valence-corrected chi connectivity index (χ3v) is 7.70. The monoisotopic (exact) mass is 589 g/mol. The number of halogens is 6. The first-order chi connectivity index (χ1) is 19.7. The second kappa shape index (κ2) is 10.6. The Morgan fingerprint density at radius 3 is 2.21 bits per heavy atom. The van der Waals surface area contributed by atoms with Crippen LogP contribution in [0.4, 0.5) is 26.3 Å². The lowest BCUT2D eigenvalue weighted by molar-refractivity contribution is -0.270. The van der Waals surface area contributed by atoms with E-state index in [4.69, 9.17) is 0 Å². The standard InChI is InChI=1S/C30H25F6N3O3/c1-17-5-10-21(20-8-6-18(7-9-20)19-11-13-28(42,14-12-19)30(34,35)36)22(15-17)24-3-2-4-25(38-24)39-26(29(31,32)33)23(16-37-39)27(40)41/h2-10,15-16,19,42H,11-14H2,1H3,(H,40,41). The van der Waals surface area contributed by atoms with Crippen LogP contribution in [0, 0.1) is 6.92 Å². The molecule has 0 radical (unpaired) electrons. The fourth-order valence-electron chi connectivity index (χ4n) is 5.41. The third kappa shape index (κ3) is 5.50. The van der Waals surface area contributed by atoms with Crippen LogP contribution >= 0.6 is 0 Å². The van der Waals surface area contributed by atoms with E-state index < -0.39 is 35.2 Å². The van der Waals surface area contributed by atoms with Gasteiger partial charge in [-0.05, 0) is 73.4 Å². The molecule has 0 spiro atoms. The minimum absolute atomic E-state index is 0.134. The summed E-state index contributed by atoms with van der Waals surface area (Å²) in [5, 5.41) is 22.9. The molecule has 0 amide bonds. The maximum absolute atomic E-state index is 13.8. The Balaban J connectivity index is 1.47. The molecule has 0 bridgehead atoms. The molecule has 12 heteroatoms. The van der Waals surface area contributed by atoms with E-state index in [1.807, 2.05) is 49.4 Å². The van der Waals surface area contributed by atoms with Crippen molar-refractivity contribution in [3.05, 3.63) is 89.2 Å². The minimum Gasteiger partial charge on any atom is -0.478 e. The molecule has 6 nitrogen and oxygen atoms in total. The van der Waals surface area contributed by atoms with Gasteiger partial charge in [0.25, 0.3) is 0 Å². The summed E-state index contributed by atoms with van der Waals surface area (Å²) in [7, 11) is 0. The number of carboxylic acids is 1. The van der Waals surface area contributed by atoms with E-state index in [9.17, 15) is 41.4 Å². The average Bonchev–Trinajstić information content (AvgIpc) is 3.40. The Morgan fingerprint density at radius 2 is 1.62 bits per heavy atom. The molecule has 220 valence electrons. The number of hydrogen-bond acceptors (Lipinski definition) is 4. The third-order valence-electron chi connectivity index (χ3n) is 7.70. The summed E-state index contributed by atoms with van der Waals surface area (Å²) >= 11 is 0. The predicted molar refractivity (Wildman–Crippen MR) is 141 cm³/mol. The van der Waals surface area contributed by atoms with Crippen LogP contribution in [0.25, 0.3) is 28.2 Å². The first-order valence-electron chi connectivity index (χ1n) is 13.0. The van der Waals surface area contributed by atoms with Gasteiger partial charge in [-0.1, -0.05) is 48.0 Å². The van der Waals surface area contributed by atoms with E-state index in [0.29, 0.717) is 22.1 Å². The van der Waals surface area contributed by atoms with Crippen LogP contribution in [-0.4, -0.2) is 42.7 Å². The van der Waals surface area contributed by atoms with Crippen molar-refractivity contribution in [1.82, 2.24) is 14.8 Å². The van der Waals surface area contributed by atoms with Crippen molar-refractivity contribution in [3.8, 4) is 28.2 Å². The molecule has 0 saturated heterocycles. The topological polar surface area (TPSA) is 88.2 Å². The van der Waals surface area contributed by atoms with E-state index in [1.165, 1.54) is 12.1 Å². The molecular weight excluding hydrogens is 564 g/mol. The van der Waals surface area contributed by atoms with Gasteiger partial charge >= 0.3 is 18.3 Å². The number of pyridine rings is 1. The number of aryl methyl sites for hydroxylation is 1. The molecule has 2 N–H and O–H groups in total. The Hall–Kier alpha value is -4.19. The number of aromatic carboxylic acids is 1. The van der Waals surface area contributed by atoms with Gasteiger partial charge in [0.15, 0.2) is 17.1 Å².